The predicted octanol–water partition coefficient (Wildman–Crippen LogP) is 2.49. The lowest BCUT2D eigenvalue weighted by atomic mass is 10.1. The predicted molar refractivity (Wildman–Crippen MR) is 94.7 cm³/mol. The monoisotopic (exact) mass is 350 g/mol. The summed E-state index contributed by atoms with van der Waals surface area (Å²) < 4.78 is 20.6. The number of hydrogen-bond donors (Lipinski definition) is 1. The lowest BCUT2D eigenvalue weighted by Gasteiger charge is -2.33. The van der Waals surface area contributed by atoms with Crippen LogP contribution in [0.1, 0.15) is 0 Å². The highest BCUT2D eigenvalue weighted by molar-refractivity contribution is 5.83. The van der Waals surface area contributed by atoms with Gasteiger partial charge in [0, 0.05) is 18.0 Å². The van der Waals surface area contributed by atoms with Crippen LogP contribution in [0.25, 0.3) is 27.8 Å². The molecule has 0 saturated carbocycles. The van der Waals surface area contributed by atoms with Crippen LogP contribution in [0.2, 0.25) is 0 Å². The molecule has 1 fully saturated rings. The fourth-order valence-corrected chi connectivity index (χ4v) is 2.97. The average molecular weight is 350 g/mol. The Morgan fingerprint density at radius 2 is 2.08 bits per heavy atom. The molecule has 5 rings (SSSR count). The van der Waals surface area contributed by atoms with Gasteiger partial charge in [-0.15, -0.1) is 5.10 Å². The topological polar surface area (TPSA) is 77.2 Å². The summed E-state index contributed by atoms with van der Waals surface area (Å²) in [4.78, 5) is 13.3. The number of rotatable bonds is 4. The molecule has 130 valence electrons. The van der Waals surface area contributed by atoms with Crippen molar-refractivity contribution in [2.24, 2.45) is 0 Å². The second-order valence-corrected chi connectivity index (χ2v) is 6.38. The van der Waals surface area contributed by atoms with E-state index in [9.17, 15) is 4.39 Å². The number of ether oxygens (including phenoxy) is 1. The molecule has 7 nitrogen and oxygen atoms in total. The molecule has 1 aliphatic rings. The van der Waals surface area contributed by atoms with Gasteiger partial charge in [0.2, 0.25) is 5.95 Å². The minimum atomic E-state index is -1.33. The third-order valence-electron chi connectivity index (χ3n) is 4.43. The Morgan fingerprint density at radius 3 is 2.92 bits per heavy atom. The minimum Gasteiger partial charge on any atom is -0.374 e. The largest absolute Gasteiger partial charge is 0.374 e. The molecule has 4 aromatic heterocycles. The van der Waals surface area contributed by atoms with Gasteiger partial charge in [-0.3, -0.25) is 4.98 Å². The second-order valence-electron chi connectivity index (χ2n) is 6.38. The molecule has 0 atom stereocenters. The molecule has 0 amide bonds. The molecule has 0 bridgehead atoms. The van der Waals surface area contributed by atoms with Crippen LogP contribution in [0.3, 0.4) is 0 Å². The van der Waals surface area contributed by atoms with Crippen LogP contribution in [-0.2, 0) is 4.74 Å². The molecule has 26 heavy (non-hydrogen) atoms. The van der Waals surface area contributed by atoms with Crippen molar-refractivity contribution in [3.8, 4) is 11.3 Å². The molecule has 8 heteroatoms. The standard InChI is InChI=1S/C18H15FN6O/c19-18(10-26-11-18)9-22-17-21-8-16-12(5-7-25(16)24-17)13-3-4-14-15(23-13)2-1-6-20-14/h1-8H,9-11H2,(H,22,24). The highest BCUT2D eigenvalue weighted by atomic mass is 19.1. The Bertz CT molecular complexity index is 1110. The van der Waals surface area contributed by atoms with Crippen molar-refractivity contribution >= 4 is 22.5 Å². The van der Waals surface area contributed by atoms with E-state index in [4.69, 9.17) is 4.74 Å². The van der Waals surface area contributed by atoms with Crippen LogP contribution in [0, 0.1) is 0 Å². The van der Waals surface area contributed by atoms with Gasteiger partial charge in [-0.05, 0) is 30.3 Å². The molecule has 0 aromatic carbocycles. The van der Waals surface area contributed by atoms with Gasteiger partial charge >= 0.3 is 0 Å². The van der Waals surface area contributed by atoms with E-state index in [1.54, 1.807) is 16.9 Å². The summed E-state index contributed by atoms with van der Waals surface area (Å²) >= 11 is 0. The Kier molecular flexibility index (Phi) is 3.32. The molecule has 4 aromatic rings. The molecular weight excluding hydrogens is 335 g/mol. The van der Waals surface area contributed by atoms with Gasteiger partial charge in [-0.25, -0.2) is 18.9 Å². The van der Waals surface area contributed by atoms with Gasteiger partial charge in [0.25, 0.3) is 0 Å². The van der Waals surface area contributed by atoms with Crippen LogP contribution in [0.5, 0.6) is 0 Å². The quantitative estimate of drug-likeness (QED) is 0.609. The number of alkyl halides is 1. The summed E-state index contributed by atoms with van der Waals surface area (Å²) in [5.41, 5.74) is 2.93. The first-order chi connectivity index (χ1) is 12.7. The van der Waals surface area contributed by atoms with Crippen LogP contribution in [0.15, 0.2) is 48.9 Å². The summed E-state index contributed by atoms with van der Waals surface area (Å²) in [6.45, 7) is 0.350. The summed E-state index contributed by atoms with van der Waals surface area (Å²) in [5, 5.41) is 7.32. The first-order valence-electron chi connectivity index (χ1n) is 8.27. The van der Waals surface area contributed by atoms with Crippen molar-refractivity contribution in [1.82, 2.24) is 24.6 Å². The molecule has 0 unspecified atom stereocenters. The van der Waals surface area contributed by atoms with Gasteiger partial charge in [-0.1, -0.05) is 0 Å². The normalized spacial score (nSPS) is 15.9. The first kappa shape index (κ1) is 15.2. The molecule has 0 spiro atoms. The van der Waals surface area contributed by atoms with Crippen molar-refractivity contribution in [2.75, 3.05) is 25.1 Å². The van der Waals surface area contributed by atoms with E-state index in [-0.39, 0.29) is 19.8 Å². The van der Waals surface area contributed by atoms with Crippen molar-refractivity contribution < 1.29 is 9.13 Å². The van der Waals surface area contributed by atoms with Gasteiger partial charge < -0.3 is 10.1 Å². The van der Waals surface area contributed by atoms with Gasteiger partial charge in [-0.2, -0.15) is 0 Å². The fourth-order valence-electron chi connectivity index (χ4n) is 2.97. The SMILES string of the molecule is FC1(CNc2ncc3c(-c4ccc5ncccc5n4)ccn3n2)COC1. The van der Waals surface area contributed by atoms with E-state index in [1.807, 2.05) is 36.5 Å². The van der Waals surface area contributed by atoms with Gasteiger partial charge in [0.05, 0.1) is 48.2 Å². The van der Waals surface area contributed by atoms with E-state index in [0.717, 1.165) is 27.8 Å². The fraction of sp³-hybridized carbons (Fsp3) is 0.222. The van der Waals surface area contributed by atoms with Crippen molar-refractivity contribution in [1.29, 1.82) is 0 Å². The van der Waals surface area contributed by atoms with E-state index < -0.39 is 5.67 Å². The lowest BCUT2D eigenvalue weighted by Crippen LogP contribution is -2.50. The second kappa shape index (κ2) is 5.70. The van der Waals surface area contributed by atoms with Crippen molar-refractivity contribution in [3.63, 3.8) is 0 Å². The minimum absolute atomic E-state index is 0.110. The number of hydrogen-bond acceptors (Lipinski definition) is 6. The van der Waals surface area contributed by atoms with Crippen LogP contribution in [0.4, 0.5) is 10.3 Å². The third-order valence-corrected chi connectivity index (χ3v) is 4.43. The van der Waals surface area contributed by atoms with E-state index in [0.29, 0.717) is 5.95 Å². The highest BCUT2D eigenvalue weighted by Gasteiger charge is 2.38. The van der Waals surface area contributed by atoms with Crippen LogP contribution >= 0.6 is 0 Å². The summed E-state index contributed by atoms with van der Waals surface area (Å²) in [5.74, 6) is 0.374. The Balaban J connectivity index is 1.46. The maximum atomic E-state index is 14.0. The Labute approximate surface area is 147 Å². The van der Waals surface area contributed by atoms with Crippen LogP contribution in [-0.4, -0.2) is 50.0 Å². The summed E-state index contributed by atoms with van der Waals surface area (Å²) in [6, 6.07) is 9.61. The maximum Gasteiger partial charge on any atom is 0.241 e. The Morgan fingerprint density at radius 1 is 1.15 bits per heavy atom. The number of aromatic nitrogens is 5. The van der Waals surface area contributed by atoms with E-state index >= 15 is 0 Å². The van der Waals surface area contributed by atoms with Crippen molar-refractivity contribution in [3.05, 3.63) is 48.9 Å². The van der Waals surface area contributed by atoms with Crippen LogP contribution < -0.4 is 5.32 Å². The van der Waals surface area contributed by atoms with E-state index in [1.165, 1.54) is 0 Å². The third kappa shape index (κ3) is 2.55. The van der Waals surface area contributed by atoms with E-state index in [2.05, 4.69) is 25.4 Å². The maximum absolute atomic E-state index is 14.0. The molecule has 5 heterocycles. The zero-order chi connectivity index (χ0) is 17.6. The number of anilines is 1. The van der Waals surface area contributed by atoms with Gasteiger partial charge in [0.1, 0.15) is 0 Å². The molecule has 0 radical (unpaired) electrons. The molecule has 1 aliphatic heterocycles. The average Bonchev–Trinajstić information content (AvgIpc) is 3.07. The first-order valence-corrected chi connectivity index (χ1v) is 8.27. The molecular formula is C18H15FN6O. The number of halogens is 1. The number of nitrogens with one attached hydrogen (secondary N) is 1. The molecule has 0 aliphatic carbocycles. The lowest BCUT2D eigenvalue weighted by molar-refractivity contribution is -0.121. The zero-order valence-electron chi connectivity index (χ0n) is 13.8. The number of fused-ring (bicyclic) bond motifs is 2. The molecule has 1 saturated heterocycles. The number of nitrogens with zero attached hydrogens (tertiary/aromatic N) is 5. The Hall–Kier alpha value is -3.13. The summed E-state index contributed by atoms with van der Waals surface area (Å²) in [7, 11) is 0. The van der Waals surface area contributed by atoms with Gasteiger partial charge in [0.15, 0.2) is 5.67 Å². The summed E-state index contributed by atoms with van der Waals surface area (Å²) in [6.07, 6.45) is 5.30. The number of pyridine rings is 2. The van der Waals surface area contributed by atoms with Crippen molar-refractivity contribution in [2.45, 2.75) is 5.67 Å². The smallest absolute Gasteiger partial charge is 0.241 e. The molecule has 1 N–H and O–H groups in total. The highest BCUT2D eigenvalue weighted by Crippen LogP contribution is 2.26. The zero-order valence-corrected chi connectivity index (χ0v) is 13.8.